The Balaban J connectivity index is 2.44. The first-order valence-electron chi connectivity index (χ1n) is 7.19. The van der Waals surface area contributed by atoms with Crippen molar-refractivity contribution in [3.8, 4) is 17.2 Å². The smallest absolute Gasteiger partial charge is 0.129 e. The summed E-state index contributed by atoms with van der Waals surface area (Å²) in [4.78, 5) is 1.16. The topological polar surface area (TPSA) is 26.3 Å². The molecule has 0 aliphatic rings. The molecule has 0 saturated carbocycles. The second-order valence-electron chi connectivity index (χ2n) is 6.08. The average molecular weight is 346 g/mol. The molecule has 2 aromatic rings. The minimum absolute atomic E-state index is 0.375. The minimum atomic E-state index is -1.61. The quantitative estimate of drug-likeness (QED) is 0.614. The number of ether oxygens (including phenoxy) is 1. The normalized spacial score (nSPS) is 12.2. The molecule has 0 bridgehead atoms. The molecule has 1 atom stereocenters. The first-order valence-corrected chi connectivity index (χ1v) is 11.8. The molecule has 0 amide bonds. The van der Waals surface area contributed by atoms with E-state index >= 15 is 0 Å². The zero-order valence-corrected chi connectivity index (χ0v) is 15.5. The number of methoxy groups -OCH3 is 1. The Hall–Kier alpha value is -1.90. The van der Waals surface area contributed by atoms with E-state index in [0.29, 0.717) is 21.1 Å². The van der Waals surface area contributed by atoms with E-state index < -0.39 is 18.9 Å². The van der Waals surface area contributed by atoms with Crippen LogP contribution in [0.2, 0.25) is 19.6 Å². The third-order valence-corrected chi connectivity index (χ3v) is 5.32. The Bertz CT molecular complexity index is 783. The van der Waals surface area contributed by atoms with E-state index in [2.05, 4.69) is 31.1 Å². The van der Waals surface area contributed by atoms with Gasteiger partial charge in [0.05, 0.1) is 22.8 Å². The van der Waals surface area contributed by atoms with Gasteiger partial charge in [-0.25, -0.2) is 8.60 Å². The van der Waals surface area contributed by atoms with Crippen molar-refractivity contribution in [3.05, 3.63) is 53.8 Å². The molecule has 0 radical (unpaired) electrons. The zero-order chi connectivity index (χ0) is 17.0. The van der Waals surface area contributed by atoms with Gasteiger partial charge in [0, 0.05) is 10.5 Å². The molecule has 5 heteroatoms. The number of rotatable bonds is 3. The van der Waals surface area contributed by atoms with E-state index in [-0.39, 0.29) is 5.82 Å². The van der Waals surface area contributed by atoms with E-state index in [4.69, 9.17) is 4.74 Å². The third kappa shape index (κ3) is 4.78. The summed E-state index contributed by atoms with van der Waals surface area (Å²) in [5.41, 5.74) is 3.69. The Morgan fingerprint density at radius 2 is 1.74 bits per heavy atom. The molecule has 23 heavy (non-hydrogen) atoms. The number of hydrogen-bond donors (Lipinski definition) is 0. The van der Waals surface area contributed by atoms with Crippen LogP contribution in [0.3, 0.4) is 0 Å². The van der Waals surface area contributed by atoms with Crippen LogP contribution in [0.25, 0.3) is 0 Å². The summed E-state index contributed by atoms with van der Waals surface area (Å²) in [7, 11) is -1.44. The van der Waals surface area contributed by atoms with Crippen LogP contribution in [0, 0.1) is 17.3 Å². The predicted molar refractivity (Wildman–Crippen MR) is 94.3 cm³/mol. The van der Waals surface area contributed by atoms with Crippen molar-refractivity contribution < 1.29 is 13.3 Å². The fourth-order valence-electron chi connectivity index (χ4n) is 1.84. The largest absolute Gasteiger partial charge is 0.497 e. The lowest BCUT2D eigenvalue weighted by Crippen LogP contribution is -2.16. The summed E-state index contributed by atoms with van der Waals surface area (Å²) >= 11 is 0. The maximum Gasteiger partial charge on any atom is 0.129 e. The predicted octanol–water partition coefficient (Wildman–Crippen LogP) is 4.23. The molecule has 0 saturated heterocycles. The fourth-order valence-corrected chi connectivity index (χ4v) is 3.49. The molecule has 0 spiro atoms. The molecule has 1 unspecified atom stereocenters. The molecule has 0 fully saturated rings. The Labute approximate surface area is 140 Å². The summed E-state index contributed by atoms with van der Waals surface area (Å²) < 4.78 is 31.5. The van der Waals surface area contributed by atoms with Gasteiger partial charge in [0.2, 0.25) is 0 Å². The molecule has 120 valence electrons. The number of benzene rings is 2. The van der Waals surface area contributed by atoms with Crippen LogP contribution < -0.4 is 4.74 Å². The van der Waals surface area contributed by atoms with Gasteiger partial charge < -0.3 is 4.74 Å². The van der Waals surface area contributed by atoms with Gasteiger partial charge in [0.1, 0.15) is 19.6 Å². The van der Waals surface area contributed by atoms with Crippen LogP contribution in [-0.2, 0) is 10.8 Å². The lowest BCUT2D eigenvalue weighted by molar-refractivity contribution is 0.414. The first-order chi connectivity index (χ1) is 10.8. The van der Waals surface area contributed by atoms with Gasteiger partial charge in [-0.15, -0.1) is 5.54 Å². The van der Waals surface area contributed by atoms with E-state index in [1.807, 2.05) is 0 Å². The van der Waals surface area contributed by atoms with Crippen LogP contribution >= 0.6 is 0 Å². The summed E-state index contributed by atoms with van der Waals surface area (Å²) in [5, 5.41) is 0. The lowest BCUT2D eigenvalue weighted by Gasteiger charge is -2.08. The maximum atomic E-state index is 13.6. The molecular formula is C18H19FO2SSi. The van der Waals surface area contributed by atoms with Gasteiger partial charge in [-0.2, -0.15) is 0 Å². The van der Waals surface area contributed by atoms with Crippen LogP contribution in [0.15, 0.2) is 52.3 Å². The summed E-state index contributed by atoms with van der Waals surface area (Å²) in [6.45, 7) is 6.33. The van der Waals surface area contributed by atoms with Gasteiger partial charge in [-0.3, -0.25) is 0 Å². The molecule has 0 aromatic heterocycles. The van der Waals surface area contributed by atoms with Crippen LogP contribution in [0.4, 0.5) is 4.39 Å². The summed E-state index contributed by atoms with van der Waals surface area (Å²) in [6.07, 6.45) is 0. The summed E-state index contributed by atoms with van der Waals surface area (Å²) in [6, 6.07) is 11.2. The number of halogens is 1. The maximum absolute atomic E-state index is 13.6. The van der Waals surface area contributed by atoms with Gasteiger partial charge in [0.15, 0.2) is 0 Å². The van der Waals surface area contributed by atoms with Crippen molar-refractivity contribution in [2.45, 2.75) is 29.4 Å². The van der Waals surface area contributed by atoms with E-state index in [9.17, 15) is 8.60 Å². The Morgan fingerprint density at radius 1 is 1.09 bits per heavy atom. The second kappa shape index (κ2) is 7.11. The van der Waals surface area contributed by atoms with Crippen molar-refractivity contribution in [3.63, 3.8) is 0 Å². The Morgan fingerprint density at radius 3 is 2.30 bits per heavy atom. The van der Waals surface area contributed by atoms with E-state index in [1.165, 1.54) is 12.1 Å². The van der Waals surface area contributed by atoms with Gasteiger partial charge in [-0.05, 0) is 42.5 Å². The van der Waals surface area contributed by atoms with Gasteiger partial charge in [-0.1, -0.05) is 25.6 Å². The fraction of sp³-hybridized carbons (Fsp3) is 0.222. The van der Waals surface area contributed by atoms with E-state index in [1.54, 1.807) is 37.4 Å². The standard InChI is InChI=1S/C18H19FO2SSi/c1-21-16-6-8-17(9-7-16)22(20)18-10-5-15(19)13-14(18)11-12-23(2,3)4/h5-10,13H,1-4H3. The summed E-state index contributed by atoms with van der Waals surface area (Å²) in [5.74, 6) is 3.34. The second-order valence-corrected chi connectivity index (χ2v) is 12.3. The molecule has 2 aromatic carbocycles. The highest BCUT2D eigenvalue weighted by molar-refractivity contribution is 7.85. The van der Waals surface area contributed by atoms with Crippen molar-refractivity contribution in [1.29, 1.82) is 0 Å². The van der Waals surface area contributed by atoms with Gasteiger partial charge >= 0.3 is 0 Å². The highest BCUT2D eigenvalue weighted by atomic mass is 32.2. The molecule has 2 rings (SSSR count). The van der Waals surface area contributed by atoms with Crippen molar-refractivity contribution in [2.75, 3.05) is 7.11 Å². The molecule has 0 aliphatic carbocycles. The van der Waals surface area contributed by atoms with Crippen molar-refractivity contribution >= 4 is 18.9 Å². The SMILES string of the molecule is COc1ccc(S(=O)c2ccc(F)cc2C#C[Si](C)(C)C)cc1. The molecule has 0 heterocycles. The highest BCUT2D eigenvalue weighted by Crippen LogP contribution is 2.23. The van der Waals surface area contributed by atoms with Gasteiger partial charge in [0.25, 0.3) is 0 Å². The zero-order valence-electron chi connectivity index (χ0n) is 13.6. The van der Waals surface area contributed by atoms with Crippen LogP contribution in [0.5, 0.6) is 5.75 Å². The Kier molecular flexibility index (Phi) is 5.40. The minimum Gasteiger partial charge on any atom is -0.497 e. The molecule has 0 N–H and O–H groups in total. The molecule has 2 nitrogen and oxygen atoms in total. The average Bonchev–Trinajstić information content (AvgIpc) is 2.52. The van der Waals surface area contributed by atoms with Crippen LogP contribution in [0.1, 0.15) is 5.56 Å². The first kappa shape index (κ1) is 17.5. The highest BCUT2D eigenvalue weighted by Gasteiger charge is 2.14. The van der Waals surface area contributed by atoms with E-state index in [0.717, 1.165) is 0 Å². The molecule has 0 aliphatic heterocycles. The van der Waals surface area contributed by atoms with Crippen molar-refractivity contribution in [2.24, 2.45) is 0 Å². The third-order valence-electron chi connectivity index (χ3n) is 2.99. The van der Waals surface area contributed by atoms with Crippen LogP contribution in [-0.4, -0.2) is 19.4 Å². The number of hydrogen-bond acceptors (Lipinski definition) is 2. The van der Waals surface area contributed by atoms with Crippen molar-refractivity contribution in [1.82, 2.24) is 0 Å². The lowest BCUT2D eigenvalue weighted by atomic mass is 10.2. The molecular weight excluding hydrogens is 327 g/mol. The monoisotopic (exact) mass is 346 g/mol.